The molecule has 1 aliphatic heterocycles. The van der Waals surface area contributed by atoms with Crippen LogP contribution in [0.3, 0.4) is 0 Å². The number of sulfonamides is 1. The van der Waals surface area contributed by atoms with Gasteiger partial charge in [-0.05, 0) is 38.1 Å². The minimum Gasteiger partial charge on any atom is -0.452 e. The Kier molecular flexibility index (Phi) is 6.50. The van der Waals surface area contributed by atoms with Gasteiger partial charge in [-0.1, -0.05) is 24.3 Å². The van der Waals surface area contributed by atoms with E-state index in [1.807, 2.05) is 0 Å². The summed E-state index contributed by atoms with van der Waals surface area (Å²) in [6.45, 7) is 2.78. The van der Waals surface area contributed by atoms with Gasteiger partial charge in [0.05, 0.1) is 23.5 Å². The van der Waals surface area contributed by atoms with Gasteiger partial charge in [0.25, 0.3) is 15.9 Å². The molecule has 2 aromatic carbocycles. The number of para-hydroxylation sites is 1. The first-order valence-electron chi connectivity index (χ1n) is 9.46. The minimum absolute atomic E-state index is 0.0213. The molecule has 10 heteroatoms. The van der Waals surface area contributed by atoms with Gasteiger partial charge < -0.3 is 10.1 Å². The highest BCUT2D eigenvalue weighted by Crippen LogP contribution is 2.22. The summed E-state index contributed by atoms with van der Waals surface area (Å²) < 4.78 is 31.6. The topological polar surface area (TPSA) is 131 Å². The fourth-order valence-electron chi connectivity index (χ4n) is 2.95. The fraction of sp³-hybridized carbons (Fsp3) is 0.238. The molecule has 0 saturated carbocycles. The van der Waals surface area contributed by atoms with Crippen molar-refractivity contribution in [2.75, 3.05) is 11.9 Å². The summed E-state index contributed by atoms with van der Waals surface area (Å²) in [6.07, 6.45) is -1.24. The van der Waals surface area contributed by atoms with E-state index in [2.05, 4.69) is 15.0 Å². The highest BCUT2D eigenvalue weighted by Gasteiger charge is 2.30. The predicted molar refractivity (Wildman–Crippen MR) is 113 cm³/mol. The average molecular weight is 443 g/mol. The van der Waals surface area contributed by atoms with Crippen LogP contribution in [-0.4, -0.2) is 44.6 Å². The Bertz CT molecular complexity index is 1170. The molecule has 0 aliphatic carbocycles. The van der Waals surface area contributed by atoms with Gasteiger partial charge in [0.2, 0.25) is 0 Å². The highest BCUT2D eigenvalue weighted by molar-refractivity contribution is 7.90. The number of aliphatic imine (C=N–C) groups is 1. The smallest absolute Gasteiger partial charge is 0.308 e. The summed E-state index contributed by atoms with van der Waals surface area (Å²) >= 11 is 0. The molecule has 162 valence electrons. The number of rotatable bonds is 7. The van der Waals surface area contributed by atoms with Crippen LogP contribution >= 0.6 is 0 Å². The molecule has 0 radical (unpaired) electrons. The summed E-state index contributed by atoms with van der Waals surface area (Å²) in [5, 5.41) is 2.58. The lowest BCUT2D eigenvalue weighted by Crippen LogP contribution is -2.30. The molecule has 1 amide bonds. The Hall–Kier alpha value is -3.53. The van der Waals surface area contributed by atoms with Gasteiger partial charge in [0.15, 0.2) is 11.9 Å². The van der Waals surface area contributed by atoms with Gasteiger partial charge >= 0.3 is 5.97 Å². The Balaban J connectivity index is 1.55. The summed E-state index contributed by atoms with van der Waals surface area (Å²) in [5.41, 5.74) is 1.12. The van der Waals surface area contributed by atoms with Crippen LogP contribution in [0.4, 0.5) is 5.69 Å². The van der Waals surface area contributed by atoms with Crippen molar-refractivity contribution in [3.63, 3.8) is 0 Å². The third-order valence-corrected chi connectivity index (χ3v) is 5.89. The number of amides is 1. The summed E-state index contributed by atoms with van der Waals surface area (Å²) in [6, 6.07) is 12.9. The van der Waals surface area contributed by atoms with E-state index in [9.17, 15) is 22.8 Å². The van der Waals surface area contributed by atoms with Crippen LogP contribution < -0.4 is 10.0 Å². The molecule has 0 bridgehead atoms. The number of hydrogen-bond acceptors (Lipinski definition) is 7. The SMILES string of the molecule is CC(=O)c1ccccc1NC(=O)[C@H](C)OC(=O)CCN=C1NS(=O)(=O)c2ccccc21. The molecule has 3 rings (SSSR count). The van der Waals surface area contributed by atoms with E-state index < -0.39 is 28.0 Å². The molecule has 0 spiro atoms. The Morgan fingerprint density at radius 3 is 2.52 bits per heavy atom. The summed E-state index contributed by atoms with van der Waals surface area (Å²) in [7, 11) is -3.65. The zero-order valence-corrected chi connectivity index (χ0v) is 17.7. The van der Waals surface area contributed by atoms with Crippen molar-refractivity contribution in [1.82, 2.24) is 4.72 Å². The van der Waals surface area contributed by atoms with E-state index in [-0.39, 0.29) is 29.5 Å². The molecular formula is C21H21N3O6S. The van der Waals surface area contributed by atoms with E-state index in [1.54, 1.807) is 42.5 Å². The van der Waals surface area contributed by atoms with Gasteiger partial charge in [0.1, 0.15) is 5.84 Å². The first-order valence-corrected chi connectivity index (χ1v) is 10.9. The highest BCUT2D eigenvalue weighted by atomic mass is 32.2. The van der Waals surface area contributed by atoms with E-state index >= 15 is 0 Å². The summed E-state index contributed by atoms with van der Waals surface area (Å²) in [5.74, 6) is -1.29. The van der Waals surface area contributed by atoms with Crippen molar-refractivity contribution in [2.24, 2.45) is 4.99 Å². The van der Waals surface area contributed by atoms with Gasteiger partial charge in [-0.25, -0.2) is 8.42 Å². The zero-order valence-electron chi connectivity index (χ0n) is 16.9. The summed E-state index contributed by atoms with van der Waals surface area (Å²) in [4.78, 5) is 40.3. The number of Topliss-reactive ketones (excluding diaryl/α,β-unsaturated/α-hetero) is 1. The van der Waals surface area contributed by atoms with Crippen LogP contribution in [0.1, 0.15) is 36.2 Å². The number of nitrogens with zero attached hydrogens (tertiary/aromatic N) is 1. The molecule has 31 heavy (non-hydrogen) atoms. The van der Waals surface area contributed by atoms with E-state index in [4.69, 9.17) is 4.74 Å². The second-order valence-electron chi connectivity index (χ2n) is 6.81. The molecule has 0 unspecified atom stereocenters. The van der Waals surface area contributed by atoms with Crippen LogP contribution in [0.15, 0.2) is 58.4 Å². The molecule has 1 heterocycles. The number of anilines is 1. The zero-order chi connectivity index (χ0) is 22.6. The molecule has 2 aromatic rings. The van der Waals surface area contributed by atoms with E-state index in [0.29, 0.717) is 16.8 Å². The Morgan fingerprint density at radius 1 is 1.10 bits per heavy atom. The van der Waals surface area contributed by atoms with Gasteiger partial charge in [-0.3, -0.25) is 24.1 Å². The lowest BCUT2D eigenvalue weighted by molar-refractivity contribution is -0.152. The third-order valence-electron chi connectivity index (χ3n) is 4.49. The molecule has 2 N–H and O–H groups in total. The van der Waals surface area contributed by atoms with Gasteiger partial charge in [0, 0.05) is 11.1 Å². The number of amidine groups is 1. The fourth-order valence-corrected chi connectivity index (χ4v) is 4.20. The molecule has 1 aliphatic rings. The monoisotopic (exact) mass is 443 g/mol. The molecule has 0 fully saturated rings. The van der Waals surface area contributed by atoms with Crippen molar-refractivity contribution in [3.8, 4) is 0 Å². The van der Waals surface area contributed by atoms with E-state index in [1.165, 1.54) is 19.9 Å². The molecule has 0 saturated heterocycles. The standard InChI is InChI=1S/C21H21N3O6S/c1-13(25)15-7-3-5-9-17(15)23-21(27)14(2)30-19(26)11-12-22-20-16-8-4-6-10-18(16)31(28,29)24-20/h3-10,14H,11-12H2,1-2H3,(H,22,24)(H,23,27)/t14-/m0/s1. The van der Waals surface area contributed by atoms with Gasteiger partial charge in [-0.15, -0.1) is 0 Å². The maximum atomic E-state index is 12.3. The van der Waals surface area contributed by atoms with Crippen molar-refractivity contribution < 1.29 is 27.5 Å². The lowest BCUT2D eigenvalue weighted by Gasteiger charge is -2.14. The van der Waals surface area contributed by atoms with Crippen molar-refractivity contribution in [3.05, 3.63) is 59.7 Å². The normalized spacial score (nSPS) is 16.1. The first-order chi connectivity index (χ1) is 14.7. The first kappa shape index (κ1) is 22.2. The number of esters is 1. The van der Waals surface area contributed by atoms with E-state index in [0.717, 1.165) is 0 Å². The Labute approximate surface area is 179 Å². The van der Waals surface area contributed by atoms with Crippen molar-refractivity contribution in [1.29, 1.82) is 0 Å². The Morgan fingerprint density at radius 2 is 1.77 bits per heavy atom. The largest absolute Gasteiger partial charge is 0.452 e. The minimum atomic E-state index is -3.65. The predicted octanol–water partition coefficient (Wildman–Crippen LogP) is 1.89. The van der Waals surface area contributed by atoms with Crippen molar-refractivity contribution >= 4 is 39.2 Å². The molecular weight excluding hydrogens is 422 g/mol. The van der Waals surface area contributed by atoms with Crippen LogP contribution in [0.25, 0.3) is 0 Å². The van der Waals surface area contributed by atoms with Crippen LogP contribution in [0.5, 0.6) is 0 Å². The van der Waals surface area contributed by atoms with Crippen LogP contribution in [0.2, 0.25) is 0 Å². The number of carbonyl (C=O) groups is 3. The molecule has 1 atom stereocenters. The number of benzene rings is 2. The quantitative estimate of drug-likeness (QED) is 0.496. The van der Waals surface area contributed by atoms with Crippen LogP contribution in [-0.2, 0) is 24.3 Å². The molecule has 0 aromatic heterocycles. The number of ether oxygens (including phenoxy) is 1. The third kappa shape index (κ3) is 5.15. The number of fused-ring (bicyclic) bond motifs is 1. The van der Waals surface area contributed by atoms with Crippen molar-refractivity contribution in [2.45, 2.75) is 31.3 Å². The number of ketones is 1. The van der Waals surface area contributed by atoms with Crippen LogP contribution in [0, 0.1) is 0 Å². The number of nitrogens with one attached hydrogen (secondary N) is 2. The average Bonchev–Trinajstić information content (AvgIpc) is 2.98. The maximum absolute atomic E-state index is 12.3. The lowest BCUT2D eigenvalue weighted by atomic mass is 10.1. The number of carbonyl (C=O) groups excluding carboxylic acids is 3. The number of hydrogen-bond donors (Lipinski definition) is 2. The maximum Gasteiger partial charge on any atom is 0.308 e. The molecule has 9 nitrogen and oxygen atoms in total. The second kappa shape index (κ2) is 9.09. The second-order valence-corrected chi connectivity index (χ2v) is 8.46. The van der Waals surface area contributed by atoms with Gasteiger partial charge in [-0.2, -0.15) is 0 Å².